The highest BCUT2D eigenvalue weighted by molar-refractivity contribution is 5.92. The van der Waals surface area contributed by atoms with E-state index in [2.05, 4.69) is 15.5 Å². The van der Waals surface area contributed by atoms with Gasteiger partial charge in [-0.25, -0.2) is 4.98 Å². The van der Waals surface area contributed by atoms with Crippen molar-refractivity contribution in [1.82, 2.24) is 24.9 Å². The van der Waals surface area contributed by atoms with E-state index in [4.69, 9.17) is 4.52 Å². The molecule has 2 aromatic heterocycles. The highest BCUT2D eigenvalue weighted by atomic mass is 35.5. The van der Waals surface area contributed by atoms with Crippen LogP contribution in [0.1, 0.15) is 28.0 Å². The maximum atomic E-state index is 13.0. The summed E-state index contributed by atoms with van der Waals surface area (Å²) in [7, 11) is 1.93. The minimum absolute atomic E-state index is 0. The van der Waals surface area contributed by atoms with Gasteiger partial charge < -0.3 is 19.3 Å². The maximum Gasteiger partial charge on any atom is 0.293 e. The molecule has 0 radical (unpaired) electrons. The molecule has 1 fully saturated rings. The molecule has 1 N–H and O–H groups in total. The Kier molecular flexibility index (Phi) is 5.62. The van der Waals surface area contributed by atoms with E-state index in [-0.39, 0.29) is 30.1 Å². The van der Waals surface area contributed by atoms with Crippen molar-refractivity contribution in [1.29, 1.82) is 0 Å². The quantitative estimate of drug-likeness (QED) is 0.747. The molecule has 1 amide bonds. The molecule has 1 saturated heterocycles. The topological polar surface area (TPSA) is 76.2 Å². The Labute approximate surface area is 163 Å². The van der Waals surface area contributed by atoms with E-state index in [1.807, 2.05) is 49.0 Å². The van der Waals surface area contributed by atoms with Gasteiger partial charge in [-0.2, -0.15) is 0 Å². The molecule has 1 unspecified atom stereocenters. The number of nitrogens with zero attached hydrogens (tertiary/aromatic N) is 4. The fourth-order valence-corrected chi connectivity index (χ4v) is 3.25. The van der Waals surface area contributed by atoms with Crippen LogP contribution in [0.2, 0.25) is 0 Å². The van der Waals surface area contributed by atoms with Crippen molar-refractivity contribution < 1.29 is 9.32 Å². The highest BCUT2D eigenvalue weighted by Gasteiger charge is 2.32. The van der Waals surface area contributed by atoms with Crippen LogP contribution in [0.4, 0.5) is 0 Å². The molecule has 1 aromatic carbocycles. The Morgan fingerprint density at radius 3 is 2.78 bits per heavy atom. The van der Waals surface area contributed by atoms with E-state index >= 15 is 0 Å². The fourth-order valence-electron chi connectivity index (χ4n) is 3.25. The lowest BCUT2D eigenvalue weighted by atomic mass is 10.1. The van der Waals surface area contributed by atoms with Crippen molar-refractivity contribution in [2.45, 2.75) is 13.0 Å². The van der Waals surface area contributed by atoms with Gasteiger partial charge in [0, 0.05) is 50.7 Å². The number of carbonyl (C=O) groups excluding carboxylic acids is 1. The number of aryl methyl sites for hydroxylation is 2. The monoisotopic (exact) mass is 387 g/mol. The summed E-state index contributed by atoms with van der Waals surface area (Å²) >= 11 is 0. The third-order valence-corrected chi connectivity index (χ3v) is 4.73. The number of hydrogen-bond acceptors (Lipinski definition) is 5. The number of benzene rings is 1. The minimum Gasteiger partial charge on any atom is -0.350 e. The van der Waals surface area contributed by atoms with Gasteiger partial charge in [0.05, 0.1) is 0 Å². The van der Waals surface area contributed by atoms with Crippen molar-refractivity contribution >= 4 is 18.3 Å². The summed E-state index contributed by atoms with van der Waals surface area (Å²) in [5, 5.41) is 7.41. The summed E-state index contributed by atoms with van der Waals surface area (Å²) in [6.07, 6.45) is 3.63. The first kappa shape index (κ1) is 19.1. The first-order valence-corrected chi connectivity index (χ1v) is 8.66. The van der Waals surface area contributed by atoms with Crippen LogP contribution in [0.25, 0.3) is 11.3 Å². The van der Waals surface area contributed by atoms with Crippen LogP contribution < -0.4 is 5.32 Å². The zero-order valence-corrected chi connectivity index (χ0v) is 16.1. The van der Waals surface area contributed by atoms with E-state index < -0.39 is 0 Å². The largest absolute Gasteiger partial charge is 0.350 e. The Morgan fingerprint density at radius 1 is 1.30 bits per heavy atom. The van der Waals surface area contributed by atoms with Crippen LogP contribution in [-0.2, 0) is 7.05 Å². The molecular formula is C19H22ClN5O2. The van der Waals surface area contributed by atoms with Crippen LogP contribution in [0.5, 0.6) is 0 Å². The fraction of sp³-hybridized carbons (Fsp3) is 0.316. The molecule has 3 heterocycles. The second-order valence-corrected chi connectivity index (χ2v) is 6.56. The molecule has 7 nitrogen and oxygen atoms in total. The van der Waals surface area contributed by atoms with Crippen LogP contribution >= 0.6 is 12.4 Å². The Hall–Kier alpha value is -2.64. The van der Waals surface area contributed by atoms with Gasteiger partial charge in [-0.1, -0.05) is 35.0 Å². The third kappa shape index (κ3) is 3.74. The second kappa shape index (κ2) is 7.94. The predicted molar refractivity (Wildman–Crippen MR) is 104 cm³/mol. The van der Waals surface area contributed by atoms with Crippen molar-refractivity contribution in [3.63, 3.8) is 0 Å². The molecule has 142 valence electrons. The van der Waals surface area contributed by atoms with Crippen LogP contribution in [0, 0.1) is 6.92 Å². The van der Waals surface area contributed by atoms with Gasteiger partial charge in [-0.15, -0.1) is 12.4 Å². The van der Waals surface area contributed by atoms with Crippen LogP contribution in [0.15, 0.2) is 47.2 Å². The van der Waals surface area contributed by atoms with Gasteiger partial charge in [0.2, 0.25) is 5.76 Å². The maximum absolute atomic E-state index is 13.0. The Morgan fingerprint density at radius 2 is 2.07 bits per heavy atom. The SMILES string of the molecule is Cc1ccc(-c2cc(C(=O)N3CCNCC3c3nccn3C)on2)cc1.Cl. The van der Waals surface area contributed by atoms with E-state index in [1.54, 1.807) is 17.2 Å². The number of halogens is 1. The van der Waals surface area contributed by atoms with Gasteiger partial charge >= 0.3 is 0 Å². The summed E-state index contributed by atoms with van der Waals surface area (Å²) in [5.74, 6) is 0.941. The summed E-state index contributed by atoms with van der Waals surface area (Å²) < 4.78 is 7.31. The van der Waals surface area contributed by atoms with Gasteiger partial charge in [0.15, 0.2) is 0 Å². The lowest BCUT2D eigenvalue weighted by Gasteiger charge is -2.35. The van der Waals surface area contributed by atoms with Gasteiger partial charge in [0.1, 0.15) is 17.6 Å². The van der Waals surface area contributed by atoms with E-state index in [1.165, 1.54) is 5.56 Å². The average Bonchev–Trinajstić information content (AvgIpc) is 3.31. The molecule has 1 aliphatic heterocycles. The van der Waals surface area contributed by atoms with Gasteiger partial charge in [0.25, 0.3) is 5.91 Å². The summed E-state index contributed by atoms with van der Waals surface area (Å²) in [6.45, 7) is 4.03. The lowest BCUT2D eigenvalue weighted by Crippen LogP contribution is -2.49. The first-order valence-electron chi connectivity index (χ1n) is 8.66. The van der Waals surface area contributed by atoms with Gasteiger partial charge in [-0.3, -0.25) is 4.79 Å². The third-order valence-electron chi connectivity index (χ3n) is 4.73. The highest BCUT2D eigenvalue weighted by Crippen LogP contribution is 2.25. The Balaban J connectivity index is 0.00000210. The molecule has 0 saturated carbocycles. The number of aromatic nitrogens is 3. The molecule has 3 aromatic rings. The van der Waals surface area contributed by atoms with Crippen LogP contribution in [0.3, 0.4) is 0 Å². The minimum atomic E-state index is -0.162. The summed E-state index contributed by atoms with van der Waals surface area (Å²) in [6, 6.07) is 9.55. The summed E-state index contributed by atoms with van der Waals surface area (Å²) in [5.41, 5.74) is 2.77. The van der Waals surface area contributed by atoms with E-state index in [9.17, 15) is 4.79 Å². The normalized spacial score (nSPS) is 16.8. The summed E-state index contributed by atoms with van der Waals surface area (Å²) in [4.78, 5) is 19.3. The zero-order valence-electron chi connectivity index (χ0n) is 15.3. The number of carbonyl (C=O) groups is 1. The van der Waals surface area contributed by atoms with Crippen molar-refractivity contribution in [3.05, 3.63) is 59.9 Å². The number of amides is 1. The molecule has 0 spiro atoms. The van der Waals surface area contributed by atoms with E-state index in [0.29, 0.717) is 18.8 Å². The number of piperazine rings is 1. The first-order chi connectivity index (χ1) is 12.6. The van der Waals surface area contributed by atoms with Crippen molar-refractivity contribution in [3.8, 4) is 11.3 Å². The molecule has 1 atom stereocenters. The standard InChI is InChI=1S/C19H21N5O2.ClH/c1-13-3-5-14(6-4-13)15-11-17(26-22-15)19(25)24-10-7-20-12-16(24)18-21-8-9-23(18)2;/h3-6,8-9,11,16,20H,7,10,12H2,1-2H3;1H. The van der Waals surface area contributed by atoms with Gasteiger partial charge in [-0.05, 0) is 6.92 Å². The predicted octanol–water partition coefficient (Wildman–Crippen LogP) is 2.59. The number of imidazole rings is 1. The number of rotatable bonds is 3. The van der Waals surface area contributed by atoms with Crippen LogP contribution in [-0.4, -0.2) is 45.1 Å². The van der Waals surface area contributed by atoms with E-state index in [0.717, 1.165) is 17.9 Å². The Bertz CT molecular complexity index is 918. The molecule has 1 aliphatic rings. The molecule has 0 aliphatic carbocycles. The lowest BCUT2D eigenvalue weighted by molar-refractivity contribution is 0.0578. The zero-order chi connectivity index (χ0) is 18.1. The van der Waals surface area contributed by atoms with Crippen molar-refractivity contribution in [2.75, 3.05) is 19.6 Å². The average molecular weight is 388 g/mol. The molecule has 8 heteroatoms. The molecule has 4 rings (SSSR count). The number of nitrogens with one attached hydrogen (secondary N) is 1. The second-order valence-electron chi connectivity index (χ2n) is 6.56. The number of hydrogen-bond donors (Lipinski definition) is 1. The smallest absolute Gasteiger partial charge is 0.293 e. The molecule has 27 heavy (non-hydrogen) atoms. The van der Waals surface area contributed by atoms with Crippen molar-refractivity contribution in [2.24, 2.45) is 7.05 Å². The molecule has 0 bridgehead atoms. The molecular weight excluding hydrogens is 366 g/mol.